The zero-order valence-electron chi connectivity index (χ0n) is 9.82. The van der Waals surface area contributed by atoms with Gasteiger partial charge in [-0.3, -0.25) is 0 Å². The molecule has 0 aliphatic rings. The molecule has 0 fully saturated rings. The second-order valence-electron chi connectivity index (χ2n) is 3.85. The van der Waals surface area contributed by atoms with E-state index < -0.39 is 5.82 Å². The molecule has 0 radical (unpaired) electrons. The van der Waals surface area contributed by atoms with E-state index in [0.29, 0.717) is 26.5 Å². The van der Waals surface area contributed by atoms with Crippen molar-refractivity contribution in [3.8, 4) is 11.5 Å². The van der Waals surface area contributed by atoms with Crippen molar-refractivity contribution < 1.29 is 9.13 Å². The molecule has 2 rings (SSSR count). The number of diazo groups is 1. The number of rotatable bonds is 2. The van der Waals surface area contributed by atoms with Crippen LogP contribution in [0.15, 0.2) is 34.8 Å². The average Bonchev–Trinajstić information content (AvgIpc) is 2.36. The third kappa shape index (κ3) is 3.03. The quantitative estimate of drug-likeness (QED) is 0.644. The Morgan fingerprint density at radius 2 is 2.00 bits per heavy atom. The molecule has 0 unspecified atom stereocenters. The summed E-state index contributed by atoms with van der Waals surface area (Å²) in [4.78, 5) is 3.13. The molecule has 3 nitrogen and oxygen atoms in total. The van der Waals surface area contributed by atoms with Crippen LogP contribution < -0.4 is 4.74 Å². The van der Waals surface area contributed by atoms with Gasteiger partial charge < -0.3 is 4.74 Å². The minimum atomic E-state index is -0.548. The molecule has 0 N–H and O–H groups in total. The van der Waals surface area contributed by atoms with Crippen LogP contribution in [0.5, 0.6) is 11.5 Å². The van der Waals surface area contributed by atoms with Crippen LogP contribution in [-0.4, -0.2) is 0 Å². The van der Waals surface area contributed by atoms with Crippen LogP contribution in [0.2, 0.25) is 5.02 Å². The van der Waals surface area contributed by atoms with Crippen LogP contribution in [0.4, 0.5) is 10.1 Å². The fourth-order valence-corrected chi connectivity index (χ4v) is 2.08. The highest BCUT2D eigenvalue weighted by molar-refractivity contribution is 9.10. The number of hydrogen-bond acceptors (Lipinski definition) is 2. The van der Waals surface area contributed by atoms with Gasteiger partial charge in [0.2, 0.25) is 5.39 Å². The Balaban J connectivity index is 2.39. The minimum Gasteiger partial charge on any atom is -0.453 e. The lowest BCUT2D eigenvalue weighted by Crippen LogP contribution is -1.90. The Morgan fingerprint density at radius 3 is 2.63 bits per heavy atom. The summed E-state index contributed by atoms with van der Waals surface area (Å²) in [6.45, 7) is 1.76. The Kier molecular flexibility index (Phi) is 4.03. The maximum atomic E-state index is 13.6. The highest BCUT2D eigenvalue weighted by Crippen LogP contribution is 2.36. The summed E-state index contributed by atoms with van der Waals surface area (Å²) in [5.74, 6) is -0.0581. The fourth-order valence-electron chi connectivity index (χ4n) is 1.51. The first kappa shape index (κ1) is 13.8. The van der Waals surface area contributed by atoms with E-state index in [2.05, 4.69) is 20.9 Å². The standard InChI is InChI=1S/C13H8BrClFN2O/c1-7-4-13(9(14)6-11(7)18-17)19-12-3-2-8(15)5-10(12)16/h2-6H,1H3/q+1. The van der Waals surface area contributed by atoms with Crippen molar-refractivity contribution in [1.29, 1.82) is 5.39 Å². The van der Waals surface area contributed by atoms with Crippen LogP contribution in [0.1, 0.15) is 5.56 Å². The summed E-state index contributed by atoms with van der Waals surface area (Å²) in [6.07, 6.45) is 0. The number of halogens is 3. The maximum absolute atomic E-state index is 13.6. The van der Waals surface area contributed by atoms with Gasteiger partial charge in [0.1, 0.15) is 5.75 Å². The van der Waals surface area contributed by atoms with E-state index in [9.17, 15) is 4.39 Å². The van der Waals surface area contributed by atoms with Crippen molar-refractivity contribution in [1.82, 2.24) is 0 Å². The predicted octanol–water partition coefficient (Wildman–Crippen LogP) is 5.83. The normalized spacial score (nSPS) is 10.1. The van der Waals surface area contributed by atoms with Gasteiger partial charge in [-0.1, -0.05) is 11.6 Å². The maximum Gasteiger partial charge on any atom is 0.389 e. The summed E-state index contributed by atoms with van der Waals surface area (Å²) in [6, 6.07) is 7.39. The van der Waals surface area contributed by atoms with Gasteiger partial charge in [-0.05, 0) is 47.1 Å². The van der Waals surface area contributed by atoms with Gasteiger partial charge in [0.25, 0.3) is 0 Å². The van der Waals surface area contributed by atoms with Gasteiger partial charge in [0, 0.05) is 10.6 Å². The molecule has 0 spiro atoms. The van der Waals surface area contributed by atoms with Crippen LogP contribution in [0.3, 0.4) is 0 Å². The molecular formula is C13H8BrClFN2O+. The van der Waals surface area contributed by atoms with Gasteiger partial charge in [-0.15, -0.1) is 0 Å². The van der Waals surface area contributed by atoms with E-state index in [1.54, 1.807) is 19.1 Å². The summed E-state index contributed by atoms with van der Waals surface area (Å²) in [5.41, 5.74) is 1.12. The molecule has 0 atom stereocenters. The molecule has 0 amide bonds. The van der Waals surface area contributed by atoms with E-state index >= 15 is 0 Å². The zero-order chi connectivity index (χ0) is 14.0. The van der Waals surface area contributed by atoms with E-state index in [4.69, 9.17) is 21.7 Å². The van der Waals surface area contributed by atoms with E-state index in [1.807, 2.05) is 0 Å². The van der Waals surface area contributed by atoms with Gasteiger partial charge in [0.15, 0.2) is 16.5 Å². The molecule has 0 saturated heterocycles. The Morgan fingerprint density at radius 1 is 1.26 bits per heavy atom. The number of benzene rings is 2. The SMILES string of the molecule is Cc1cc(Oc2ccc(Cl)cc2F)c(Br)cc1[N+]#N. The molecular weight excluding hydrogens is 335 g/mol. The highest BCUT2D eigenvalue weighted by Gasteiger charge is 2.16. The summed E-state index contributed by atoms with van der Waals surface area (Å²) < 4.78 is 19.7. The van der Waals surface area contributed by atoms with E-state index in [1.165, 1.54) is 18.2 Å². The van der Waals surface area contributed by atoms with Crippen LogP contribution in [0.25, 0.3) is 4.98 Å². The number of aryl methyl sites for hydroxylation is 1. The van der Waals surface area contributed by atoms with Crippen molar-refractivity contribution in [3.63, 3.8) is 0 Å². The Hall–Kier alpha value is -1.64. The molecule has 19 heavy (non-hydrogen) atoms. The number of nitrogens with zero attached hydrogens (tertiary/aromatic N) is 2. The van der Waals surface area contributed by atoms with Crippen molar-refractivity contribution in [2.45, 2.75) is 6.92 Å². The van der Waals surface area contributed by atoms with Gasteiger partial charge in [0.05, 0.1) is 10.5 Å². The highest BCUT2D eigenvalue weighted by atomic mass is 79.9. The van der Waals surface area contributed by atoms with Gasteiger partial charge in [-0.25, -0.2) is 4.39 Å². The minimum absolute atomic E-state index is 0.0678. The smallest absolute Gasteiger partial charge is 0.389 e. The lowest BCUT2D eigenvalue weighted by atomic mass is 10.2. The average molecular weight is 343 g/mol. The molecule has 2 aromatic rings. The zero-order valence-corrected chi connectivity index (χ0v) is 12.2. The first-order valence-electron chi connectivity index (χ1n) is 5.29. The molecule has 2 aromatic carbocycles. The molecule has 0 saturated carbocycles. The lowest BCUT2D eigenvalue weighted by Gasteiger charge is -2.08. The van der Waals surface area contributed by atoms with Crippen LogP contribution in [-0.2, 0) is 0 Å². The molecule has 0 aliphatic heterocycles. The molecule has 0 aromatic heterocycles. The number of ether oxygens (including phenoxy) is 1. The number of hydrogen-bond donors (Lipinski definition) is 0. The monoisotopic (exact) mass is 341 g/mol. The van der Waals surface area contributed by atoms with Crippen molar-refractivity contribution in [2.75, 3.05) is 0 Å². The van der Waals surface area contributed by atoms with E-state index in [0.717, 1.165) is 0 Å². The first-order chi connectivity index (χ1) is 9.01. The first-order valence-corrected chi connectivity index (χ1v) is 6.46. The molecule has 0 heterocycles. The van der Waals surface area contributed by atoms with Crippen LogP contribution in [0, 0.1) is 18.1 Å². The predicted molar refractivity (Wildman–Crippen MR) is 75.1 cm³/mol. The molecule has 96 valence electrons. The van der Waals surface area contributed by atoms with Crippen molar-refractivity contribution in [3.05, 3.63) is 56.2 Å². The molecule has 0 aliphatic carbocycles. The van der Waals surface area contributed by atoms with Gasteiger partial charge >= 0.3 is 5.69 Å². The second-order valence-corrected chi connectivity index (χ2v) is 5.14. The van der Waals surface area contributed by atoms with Gasteiger partial charge in [-0.2, -0.15) is 0 Å². The van der Waals surface area contributed by atoms with Crippen molar-refractivity contribution in [2.24, 2.45) is 0 Å². The van der Waals surface area contributed by atoms with Crippen LogP contribution >= 0.6 is 27.5 Å². The summed E-state index contributed by atoms with van der Waals surface area (Å²) in [5, 5.41) is 9.09. The van der Waals surface area contributed by atoms with E-state index in [-0.39, 0.29) is 5.75 Å². The third-order valence-corrected chi connectivity index (χ3v) is 3.33. The Bertz CT molecular complexity index is 685. The van der Waals surface area contributed by atoms with Crippen molar-refractivity contribution >= 4 is 33.2 Å². The summed E-state index contributed by atoms with van der Waals surface area (Å²) in [7, 11) is 0. The Labute approximate surface area is 122 Å². The lowest BCUT2D eigenvalue weighted by molar-refractivity contribution is 0.440. The fraction of sp³-hybridized carbons (Fsp3) is 0.0769. The molecule has 0 bridgehead atoms. The third-order valence-electron chi connectivity index (χ3n) is 2.47. The molecule has 6 heteroatoms. The largest absolute Gasteiger partial charge is 0.453 e. The summed E-state index contributed by atoms with van der Waals surface area (Å²) >= 11 is 8.94. The second kappa shape index (κ2) is 5.55. The topological polar surface area (TPSA) is 37.4 Å².